The molecule has 0 bridgehead atoms. The molecule has 0 spiro atoms. The minimum Gasteiger partial charge on any atom is -0.354 e. The molecule has 0 heterocycles. The van der Waals surface area contributed by atoms with Gasteiger partial charge in [0.2, 0.25) is 5.91 Å². The van der Waals surface area contributed by atoms with Gasteiger partial charge in [-0.25, -0.2) is 0 Å². The van der Waals surface area contributed by atoms with Gasteiger partial charge in [0, 0.05) is 18.1 Å². The van der Waals surface area contributed by atoms with Gasteiger partial charge in [0.05, 0.1) is 5.92 Å². The summed E-state index contributed by atoms with van der Waals surface area (Å²) >= 11 is 5.91. The summed E-state index contributed by atoms with van der Waals surface area (Å²) in [5.41, 5.74) is 0.946. The van der Waals surface area contributed by atoms with E-state index in [0.717, 1.165) is 25.1 Å². The molecule has 1 aromatic rings. The molecule has 18 heavy (non-hydrogen) atoms. The number of nitrogens with one attached hydrogen (secondary N) is 2. The minimum atomic E-state index is -0.171. The van der Waals surface area contributed by atoms with Crippen molar-refractivity contribution in [2.75, 3.05) is 19.6 Å². The van der Waals surface area contributed by atoms with Crippen molar-refractivity contribution in [1.29, 1.82) is 0 Å². The van der Waals surface area contributed by atoms with Crippen LogP contribution in [-0.2, 0) is 4.79 Å². The van der Waals surface area contributed by atoms with Crippen molar-refractivity contribution in [3.05, 3.63) is 34.9 Å². The molecule has 0 aliphatic rings. The van der Waals surface area contributed by atoms with Gasteiger partial charge in [-0.2, -0.15) is 0 Å². The second kappa shape index (κ2) is 8.11. The van der Waals surface area contributed by atoms with E-state index < -0.39 is 0 Å². The zero-order chi connectivity index (χ0) is 13.4. The van der Waals surface area contributed by atoms with Crippen molar-refractivity contribution in [3.63, 3.8) is 0 Å². The molecule has 1 amide bonds. The molecule has 0 aromatic heterocycles. The van der Waals surface area contributed by atoms with Gasteiger partial charge in [-0.05, 0) is 37.6 Å². The molecule has 1 unspecified atom stereocenters. The van der Waals surface area contributed by atoms with Crippen LogP contribution in [0.25, 0.3) is 0 Å². The van der Waals surface area contributed by atoms with Crippen molar-refractivity contribution in [2.45, 2.75) is 26.2 Å². The van der Waals surface area contributed by atoms with Crippen molar-refractivity contribution in [1.82, 2.24) is 10.6 Å². The van der Waals surface area contributed by atoms with Crippen LogP contribution < -0.4 is 10.6 Å². The van der Waals surface area contributed by atoms with E-state index in [1.165, 1.54) is 0 Å². The third-order valence-corrected chi connectivity index (χ3v) is 3.00. The number of benzene rings is 1. The predicted molar refractivity (Wildman–Crippen MR) is 76.0 cm³/mol. The predicted octanol–water partition coefficient (Wildman–Crippen LogP) is 2.56. The molecule has 1 atom stereocenters. The maximum absolute atomic E-state index is 11.9. The van der Waals surface area contributed by atoms with Crippen LogP contribution in [0.15, 0.2) is 24.3 Å². The zero-order valence-corrected chi connectivity index (χ0v) is 11.8. The molecule has 2 N–H and O–H groups in total. The van der Waals surface area contributed by atoms with Gasteiger partial charge in [-0.15, -0.1) is 0 Å². The Morgan fingerprint density at radius 2 is 2.11 bits per heavy atom. The lowest BCUT2D eigenvalue weighted by atomic mass is 10.0. The van der Waals surface area contributed by atoms with Gasteiger partial charge < -0.3 is 10.6 Å². The first-order valence-electron chi connectivity index (χ1n) is 6.39. The van der Waals surface area contributed by atoms with Crippen molar-refractivity contribution in [2.24, 2.45) is 0 Å². The Hall–Kier alpha value is -1.06. The molecular weight excluding hydrogens is 248 g/mol. The Morgan fingerprint density at radius 3 is 2.78 bits per heavy atom. The van der Waals surface area contributed by atoms with Crippen LogP contribution in [0.2, 0.25) is 5.02 Å². The molecule has 1 rings (SSSR count). The summed E-state index contributed by atoms with van der Waals surface area (Å²) in [6, 6.07) is 7.43. The molecule has 0 aliphatic heterocycles. The largest absolute Gasteiger partial charge is 0.354 e. The first kappa shape index (κ1) is 15.0. The Bertz CT molecular complexity index is 382. The number of carbonyl (C=O) groups excluding carboxylic acids is 1. The van der Waals surface area contributed by atoms with Crippen LogP contribution in [0, 0.1) is 0 Å². The maximum atomic E-state index is 11.9. The fourth-order valence-corrected chi connectivity index (χ4v) is 1.85. The molecule has 1 aromatic carbocycles. The quantitative estimate of drug-likeness (QED) is 0.747. The molecule has 3 nitrogen and oxygen atoms in total. The summed E-state index contributed by atoms with van der Waals surface area (Å²) in [5, 5.41) is 6.82. The van der Waals surface area contributed by atoms with Crippen LogP contribution in [0.4, 0.5) is 0 Å². The highest BCUT2D eigenvalue weighted by molar-refractivity contribution is 6.30. The molecule has 0 saturated carbocycles. The molecule has 0 saturated heterocycles. The number of carbonyl (C=O) groups is 1. The van der Waals surface area contributed by atoms with Gasteiger partial charge in [0.1, 0.15) is 0 Å². The lowest BCUT2D eigenvalue weighted by Gasteiger charge is -2.13. The van der Waals surface area contributed by atoms with E-state index in [1.807, 2.05) is 31.2 Å². The number of rotatable bonds is 7. The average molecular weight is 269 g/mol. The van der Waals surface area contributed by atoms with Gasteiger partial charge in [0.25, 0.3) is 0 Å². The Labute approximate surface area is 114 Å². The first-order valence-corrected chi connectivity index (χ1v) is 6.76. The third kappa shape index (κ3) is 5.07. The first-order chi connectivity index (χ1) is 8.65. The molecule has 0 aliphatic carbocycles. The minimum absolute atomic E-state index is 0.0376. The fourth-order valence-electron chi connectivity index (χ4n) is 1.66. The van der Waals surface area contributed by atoms with E-state index >= 15 is 0 Å². The van der Waals surface area contributed by atoms with E-state index in [0.29, 0.717) is 11.6 Å². The molecule has 0 radical (unpaired) electrons. The number of amides is 1. The summed E-state index contributed by atoms with van der Waals surface area (Å²) in [5.74, 6) is -0.134. The van der Waals surface area contributed by atoms with Crippen LogP contribution in [0.3, 0.4) is 0 Å². The zero-order valence-electron chi connectivity index (χ0n) is 11.0. The number of hydrogen-bond acceptors (Lipinski definition) is 2. The van der Waals surface area contributed by atoms with E-state index in [2.05, 4.69) is 17.6 Å². The molecule has 100 valence electrons. The van der Waals surface area contributed by atoms with E-state index in [-0.39, 0.29) is 11.8 Å². The normalized spacial score (nSPS) is 12.2. The fraction of sp³-hybridized carbons (Fsp3) is 0.500. The maximum Gasteiger partial charge on any atom is 0.227 e. The monoisotopic (exact) mass is 268 g/mol. The number of halogens is 1. The standard InChI is InChI=1S/C14H21ClN2O/c1-3-7-16-8-9-17-14(18)11(2)12-5-4-6-13(15)10-12/h4-6,10-11,16H,3,7-9H2,1-2H3,(H,17,18). The molecule has 0 fully saturated rings. The molecule has 4 heteroatoms. The average Bonchev–Trinajstić information content (AvgIpc) is 2.37. The highest BCUT2D eigenvalue weighted by Gasteiger charge is 2.14. The van der Waals surface area contributed by atoms with E-state index in [4.69, 9.17) is 11.6 Å². The highest BCUT2D eigenvalue weighted by Crippen LogP contribution is 2.19. The van der Waals surface area contributed by atoms with Gasteiger partial charge in [0.15, 0.2) is 0 Å². The highest BCUT2D eigenvalue weighted by atomic mass is 35.5. The van der Waals surface area contributed by atoms with Crippen LogP contribution in [0.1, 0.15) is 31.7 Å². The Morgan fingerprint density at radius 1 is 1.33 bits per heavy atom. The SMILES string of the molecule is CCCNCCNC(=O)C(C)c1cccc(Cl)c1. The second-order valence-electron chi connectivity index (χ2n) is 4.32. The summed E-state index contributed by atoms with van der Waals surface area (Å²) in [6.45, 7) is 6.46. The van der Waals surface area contributed by atoms with Gasteiger partial charge >= 0.3 is 0 Å². The summed E-state index contributed by atoms with van der Waals surface area (Å²) in [6.07, 6.45) is 1.10. The lowest BCUT2D eigenvalue weighted by Crippen LogP contribution is -2.34. The second-order valence-corrected chi connectivity index (χ2v) is 4.75. The van der Waals surface area contributed by atoms with Gasteiger partial charge in [-0.1, -0.05) is 30.7 Å². The van der Waals surface area contributed by atoms with Crippen LogP contribution >= 0.6 is 11.6 Å². The van der Waals surface area contributed by atoms with E-state index in [9.17, 15) is 4.79 Å². The summed E-state index contributed by atoms with van der Waals surface area (Å²) in [4.78, 5) is 11.9. The summed E-state index contributed by atoms with van der Waals surface area (Å²) in [7, 11) is 0. The van der Waals surface area contributed by atoms with Crippen molar-refractivity contribution < 1.29 is 4.79 Å². The third-order valence-electron chi connectivity index (χ3n) is 2.77. The van der Waals surface area contributed by atoms with Crippen LogP contribution in [0.5, 0.6) is 0 Å². The molecular formula is C14H21ClN2O. The lowest BCUT2D eigenvalue weighted by molar-refractivity contribution is -0.122. The van der Waals surface area contributed by atoms with Gasteiger partial charge in [-0.3, -0.25) is 4.79 Å². The van der Waals surface area contributed by atoms with Crippen molar-refractivity contribution in [3.8, 4) is 0 Å². The summed E-state index contributed by atoms with van der Waals surface area (Å²) < 4.78 is 0. The Balaban J connectivity index is 2.37. The smallest absolute Gasteiger partial charge is 0.227 e. The topological polar surface area (TPSA) is 41.1 Å². The van der Waals surface area contributed by atoms with E-state index in [1.54, 1.807) is 0 Å². The number of hydrogen-bond donors (Lipinski definition) is 2. The van der Waals surface area contributed by atoms with Crippen LogP contribution in [-0.4, -0.2) is 25.5 Å². The Kier molecular flexibility index (Phi) is 6.76. The van der Waals surface area contributed by atoms with Crippen molar-refractivity contribution >= 4 is 17.5 Å².